The van der Waals surface area contributed by atoms with Gasteiger partial charge in [0, 0.05) is 13.1 Å². The molecule has 1 unspecified atom stereocenters. The van der Waals surface area contributed by atoms with Crippen molar-refractivity contribution >= 4 is 16.0 Å². The van der Waals surface area contributed by atoms with E-state index >= 15 is 0 Å². The van der Waals surface area contributed by atoms with E-state index in [2.05, 4.69) is 0 Å². The molecular formula is C13H19NO4S. The normalized spacial score (nSPS) is 13.4. The van der Waals surface area contributed by atoms with Crippen LogP contribution in [0.15, 0.2) is 30.3 Å². The van der Waals surface area contributed by atoms with E-state index in [0.717, 1.165) is 11.8 Å². The molecule has 19 heavy (non-hydrogen) atoms. The van der Waals surface area contributed by atoms with Gasteiger partial charge in [-0.3, -0.25) is 4.79 Å². The van der Waals surface area contributed by atoms with Crippen LogP contribution in [0.5, 0.6) is 0 Å². The van der Waals surface area contributed by atoms with Gasteiger partial charge < -0.3 is 5.11 Å². The Morgan fingerprint density at radius 1 is 1.32 bits per heavy atom. The highest BCUT2D eigenvalue weighted by atomic mass is 32.2. The van der Waals surface area contributed by atoms with Crippen molar-refractivity contribution in [3.63, 3.8) is 0 Å². The van der Waals surface area contributed by atoms with Crippen molar-refractivity contribution in [3.8, 4) is 0 Å². The summed E-state index contributed by atoms with van der Waals surface area (Å²) in [5.74, 6) is -1.71. The van der Waals surface area contributed by atoms with Crippen LogP contribution in [0, 0.1) is 5.92 Å². The van der Waals surface area contributed by atoms with Crippen molar-refractivity contribution in [2.75, 3.05) is 19.3 Å². The van der Waals surface area contributed by atoms with Gasteiger partial charge in [0.15, 0.2) is 0 Å². The minimum Gasteiger partial charge on any atom is -0.481 e. The molecule has 0 fully saturated rings. The van der Waals surface area contributed by atoms with E-state index in [1.165, 1.54) is 11.2 Å². The number of carboxylic acid groups (broad SMARTS) is 1. The number of aliphatic carboxylic acids is 1. The maximum Gasteiger partial charge on any atom is 0.307 e. The van der Waals surface area contributed by atoms with Crippen LogP contribution in [0.2, 0.25) is 0 Å². The van der Waals surface area contributed by atoms with E-state index in [1.54, 1.807) is 0 Å². The number of rotatable bonds is 7. The first-order chi connectivity index (χ1) is 8.80. The van der Waals surface area contributed by atoms with Crippen molar-refractivity contribution in [3.05, 3.63) is 35.9 Å². The van der Waals surface area contributed by atoms with Gasteiger partial charge in [0.25, 0.3) is 0 Å². The van der Waals surface area contributed by atoms with Gasteiger partial charge in [-0.25, -0.2) is 12.7 Å². The Bertz CT molecular complexity index is 513. The summed E-state index contributed by atoms with van der Waals surface area (Å²) in [6.07, 6.45) is 1.67. The van der Waals surface area contributed by atoms with Crippen molar-refractivity contribution in [1.82, 2.24) is 4.31 Å². The van der Waals surface area contributed by atoms with Crippen molar-refractivity contribution in [2.24, 2.45) is 5.92 Å². The topological polar surface area (TPSA) is 74.7 Å². The Morgan fingerprint density at radius 3 is 2.37 bits per heavy atom. The van der Waals surface area contributed by atoms with Gasteiger partial charge in [-0.2, -0.15) is 0 Å². The smallest absolute Gasteiger partial charge is 0.307 e. The lowest BCUT2D eigenvalue weighted by atomic mass is 10.1. The van der Waals surface area contributed by atoms with Crippen LogP contribution >= 0.6 is 0 Å². The number of hydrogen-bond donors (Lipinski definition) is 1. The summed E-state index contributed by atoms with van der Waals surface area (Å²) in [6, 6.07) is 9.51. The molecule has 0 radical (unpaired) electrons. The third kappa shape index (κ3) is 5.40. The van der Waals surface area contributed by atoms with Crippen LogP contribution in [0.25, 0.3) is 0 Å². The SMILES string of the molecule is CC(CN(CCc1ccccc1)S(C)(=O)=O)C(=O)O. The molecule has 5 nitrogen and oxygen atoms in total. The van der Waals surface area contributed by atoms with Gasteiger partial charge in [-0.1, -0.05) is 37.3 Å². The highest BCUT2D eigenvalue weighted by molar-refractivity contribution is 7.88. The van der Waals surface area contributed by atoms with Gasteiger partial charge >= 0.3 is 5.97 Å². The van der Waals surface area contributed by atoms with Gasteiger partial charge in [0.1, 0.15) is 0 Å². The number of nitrogens with zero attached hydrogens (tertiary/aromatic N) is 1. The molecule has 1 aromatic carbocycles. The summed E-state index contributed by atoms with van der Waals surface area (Å²) in [5, 5.41) is 8.86. The molecule has 6 heteroatoms. The van der Waals surface area contributed by atoms with E-state index in [-0.39, 0.29) is 6.54 Å². The van der Waals surface area contributed by atoms with E-state index in [9.17, 15) is 13.2 Å². The molecule has 1 atom stereocenters. The van der Waals surface area contributed by atoms with Gasteiger partial charge in [0.2, 0.25) is 10.0 Å². The molecular weight excluding hydrogens is 266 g/mol. The highest BCUT2D eigenvalue weighted by Gasteiger charge is 2.22. The van der Waals surface area contributed by atoms with Crippen LogP contribution in [0.4, 0.5) is 0 Å². The molecule has 0 aliphatic heterocycles. The Morgan fingerprint density at radius 2 is 1.89 bits per heavy atom. The largest absolute Gasteiger partial charge is 0.481 e. The molecule has 0 aromatic heterocycles. The fourth-order valence-electron chi connectivity index (χ4n) is 1.67. The minimum atomic E-state index is -3.39. The Hall–Kier alpha value is -1.40. The molecule has 106 valence electrons. The molecule has 0 spiro atoms. The standard InChI is InChI=1S/C13H19NO4S/c1-11(13(15)16)10-14(19(2,17)18)9-8-12-6-4-3-5-7-12/h3-7,11H,8-10H2,1-2H3,(H,15,16). The number of carboxylic acids is 1. The van der Waals surface area contributed by atoms with E-state index in [1.807, 2.05) is 30.3 Å². The molecule has 1 aromatic rings. The summed E-state index contributed by atoms with van der Waals surface area (Å²) >= 11 is 0. The van der Waals surface area contributed by atoms with Crippen LogP contribution < -0.4 is 0 Å². The van der Waals surface area contributed by atoms with Crippen LogP contribution in [0.3, 0.4) is 0 Å². The summed E-state index contributed by atoms with van der Waals surface area (Å²) in [4.78, 5) is 10.8. The third-order valence-corrected chi connectivity index (χ3v) is 4.13. The first-order valence-corrected chi connectivity index (χ1v) is 7.87. The van der Waals surface area contributed by atoms with Crippen molar-refractivity contribution < 1.29 is 18.3 Å². The van der Waals surface area contributed by atoms with E-state index < -0.39 is 21.9 Å². The van der Waals surface area contributed by atoms with Gasteiger partial charge in [-0.15, -0.1) is 0 Å². The average molecular weight is 285 g/mol. The first kappa shape index (κ1) is 15.7. The molecule has 0 saturated heterocycles. The zero-order chi connectivity index (χ0) is 14.5. The van der Waals surface area contributed by atoms with Gasteiger partial charge in [0.05, 0.1) is 12.2 Å². The van der Waals surface area contributed by atoms with Crippen LogP contribution in [-0.4, -0.2) is 43.1 Å². The molecule has 0 amide bonds. The fraction of sp³-hybridized carbons (Fsp3) is 0.462. The highest BCUT2D eigenvalue weighted by Crippen LogP contribution is 2.08. The second-order valence-electron chi connectivity index (χ2n) is 4.60. The lowest BCUT2D eigenvalue weighted by molar-refractivity contribution is -0.141. The van der Waals surface area contributed by atoms with E-state index in [4.69, 9.17) is 5.11 Å². The quantitative estimate of drug-likeness (QED) is 0.817. The van der Waals surface area contributed by atoms with E-state index in [0.29, 0.717) is 13.0 Å². The molecule has 0 aliphatic rings. The molecule has 0 aliphatic carbocycles. The van der Waals surface area contributed by atoms with Crippen molar-refractivity contribution in [1.29, 1.82) is 0 Å². The average Bonchev–Trinajstić information content (AvgIpc) is 2.33. The van der Waals surface area contributed by atoms with Crippen LogP contribution in [-0.2, 0) is 21.2 Å². The number of benzene rings is 1. The first-order valence-electron chi connectivity index (χ1n) is 6.02. The Balaban J connectivity index is 2.69. The minimum absolute atomic E-state index is 0.000992. The third-order valence-electron chi connectivity index (χ3n) is 2.86. The Kier molecular flexibility index (Phi) is 5.50. The predicted octanol–water partition coefficient (Wildman–Crippen LogP) is 1.21. The summed E-state index contributed by atoms with van der Waals surface area (Å²) < 4.78 is 24.5. The second-order valence-corrected chi connectivity index (χ2v) is 6.58. The number of sulfonamides is 1. The summed E-state index contributed by atoms with van der Waals surface area (Å²) in [6.45, 7) is 1.80. The van der Waals surface area contributed by atoms with Gasteiger partial charge in [-0.05, 0) is 12.0 Å². The predicted molar refractivity (Wildman–Crippen MR) is 73.4 cm³/mol. The molecule has 0 saturated carbocycles. The molecule has 1 rings (SSSR count). The number of hydrogen-bond acceptors (Lipinski definition) is 3. The van der Waals surface area contributed by atoms with Crippen molar-refractivity contribution in [2.45, 2.75) is 13.3 Å². The second kappa shape index (κ2) is 6.68. The zero-order valence-corrected chi connectivity index (χ0v) is 11.9. The Labute approximate surface area is 113 Å². The number of carbonyl (C=O) groups is 1. The monoisotopic (exact) mass is 285 g/mol. The maximum atomic E-state index is 11.6. The summed E-state index contributed by atoms with van der Waals surface area (Å²) in [5.41, 5.74) is 1.03. The van der Waals surface area contributed by atoms with Crippen LogP contribution in [0.1, 0.15) is 12.5 Å². The fourth-order valence-corrected chi connectivity index (χ4v) is 2.59. The molecule has 1 N–H and O–H groups in total. The molecule has 0 heterocycles. The maximum absolute atomic E-state index is 11.6. The molecule has 0 bridgehead atoms. The zero-order valence-electron chi connectivity index (χ0n) is 11.1. The lowest BCUT2D eigenvalue weighted by Gasteiger charge is -2.21. The summed E-state index contributed by atoms with van der Waals surface area (Å²) in [7, 11) is -3.39. The lowest BCUT2D eigenvalue weighted by Crippen LogP contribution is -2.37.